The molecule has 0 aliphatic rings. The Morgan fingerprint density at radius 3 is 2.78 bits per heavy atom. The lowest BCUT2D eigenvalue weighted by atomic mass is 10.3. The van der Waals surface area contributed by atoms with Gasteiger partial charge >= 0.3 is 0 Å². The van der Waals surface area contributed by atoms with Gasteiger partial charge in [-0.3, -0.25) is 4.68 Å². The van der Waals surface area contributed by atoms with Gasteiger partial charge in [0, 0.05) is 18.3 Å². The van der Waals surface area contributed by atoms with Gasteiger partial charge in [0.2, 0.25) is 0 Å². The second-order valence-electron chi connectivity index (χ2n) is 1.95. The quantitative estimate of drug-likeness (QED) is 0.533. The third kappa shape index (κ3) is 1.23. The number of nitrogens with zero attached hydrogens (tertiary/aromatic N) is 1. The smallest absolute Gasteiger partial charge is 0.0404 e. The molecular weight excluding hydrogens is 114 g/mol. The van der Waals surface area contributed by atoms with E-state index in [1.807, 2.05) is 18.3 Å². The zero-order valence-electron chi connectivity index (χ0n) is 5.25. The maximum Gasteiger partial charge on any atom is 0.0404 e. The molecule has 0 aliphatic carbocycles. The molecule has 0 aromatic carbocycles. The predicted molar refractivity (Wildman–Crippen MR) is 37.3 cm³/mol. The molecule has 0 saturated carbocycles. The van der Waals surface area contributed by atoms with E-state index in [0.717, 1.165) is 12.1 Å². The van der Waals surface area contributed by atoms with Crippen molar-refractivity contribution in [2.24, 2.45) is 5.73 Å². The Hall–Kier alpha value is -0.960. The first-order valence-electron chi connectivity index (χ1n) is 2.96. The summed E-state index contributed by atoms with van der Waals surface area (Å²) in [5.74, 6) is 5.49. The molecule has 3 heteroatoms. The zero-order chi connectivity index (χ0) is 6.69. The summed E-state index contributed by atoms with van der Waals surface area (Å²) in [6.07, 6.45) is 2.66. The monoisotopic (exact) mass is 125 g/mol. The predicted octanol–water partition coefficient (Wildman–Crippen LogP) is -0.297. The van der Waals surface area contributed by atoms with Crippen LogP contribution in [-0.4, -0.2) is 11.2 Å². The first-order valence-corrected chi connectivity index (χ1v) is 2.96. The first kappa shape index (κ1) is 6.16. The van der Waals surface area contributed by atoms with Gasteiger partial charge in [-0.05, 0) is 18.7 Å². The maximum atomic E-state index is 5.49. The normalized spacial score (nSPS) is 9.89. The van der Waals surface area contributed by atoms with Crippen LogP contribution in [0.2, 0.25) is 0 Å². The highest BCUT2D eigenvalue weighted by Gasteiger charge is 1.92. The molecule has 0 saturated heterocycles. The summed E-state index contributed by atoms with van der Waals surface area (Å²) in [4.78, 5) is 0. The lowest BCUT2D eigenvalue weighted by molar-refractivity contribution is 0.849. The Morgan fingerprint density at radius 1 is 1.56 bits per heavy atom. The van der Waals surface area contributed by atoms with Gasteiger partial charge in [-0.1, -0.05) is 0 Å². The third-order valence-electron chi connectivity index (χ3n) is 1.27. The largest absolute Gasteiger partial charge is 0.339 e. The lowest BCUT2D eigenvalue weighted by Crippen LogP contribution is -2.13. The van der Waals surface area contributed by atoms with Gasteiger partial charge in [0.15, 0.2) is 0 Å². The van der Waals surface area contributed by atoms with Gasteiger partial charge in [0.1, 0.15) is 0 Å². The Kier molecular flexibility index (Phi) is 1.75. The van der Waals surface area contributed by atoms with Crippen molar-refractivity contribution >= 4 is 0 Å². The van der Waals surface area contributed by atoms with Gasteiger partial charge in [-0.2, -0.15) is 0 Å². The summed E-state index contributed by atoms with van der Waals surface area (Å²) in [5, 5.41) is 0. The number of hydrogen-bond donors (Lipinski definition) is 2. The first-order chi connectivity index (χ1) is 4.34. The Morgan fingerprint density at radius 2 is 2.33 bits per heavy atom. The molecule has 0 fully saturated rings. The van der Waals surface area contributed by atoms with Crippen LogP contribution in [0.4, 0.5) is 0 Å². The standard InChI is InChI=1S/C6H11N3/c7-4-3-6-2-1-5-9(6)8/h1-2,5H,3-4,7-8H2. The second-order valence-corrected chi connectivity index (χ2v) is 1.95. The maximum absolute atomic E-state index is 5.49. The minimum absolute atomic E-state index is 0.654. The van der Waals surface area contributed by atoms with Crippen LogP contribution in [-0.2, 0) is 6.42 Å². The molecule has 4 N–H and O–H groups in total. The third-order valence-corrected chi connectivity index (χ3v) is 1.27. The van der Waals surface area contributed by atoms with Gasteiger partial charge in [-0.25, -0.2) is 0 Å². The molecule has 0 bridgehead atoms. The fourth-order valence-corrected chi connectivity index (χ4v) is 0.789. The molecule has 1 aromatic rings. The average molecular weight is 125 g/mol. The minimum atomic E-state index is 0.654. The fraction of sp³-hybridized carbons (Fsp3) is 0.333. The summed E-state index contributed by atoms with van der Waals surface area (Å²) >= 11 is 0. The highest BCUT2D eigenvalue weighted by atomic mass is 15.3. The molecular formula is C6H11N3. The zero-order valence-corrected chi connectivity index (χ0v) is 5.25. The van der Waals surface area contributed by atoms with Crippen molar-refractivity contribution in [3.05, 3.63) is 24.0 Å². The Balaban J connectivity index is 2.69. The van der Waals surface area contributed by atoms with E-state index in [-0.39, 0.29) is 0 Å². The van der Waals surface area contributed by atoms with E-state index in [0.29, 0.717) is 6.54 Å². The average Bonchev–Trinajstić information content (AvgIpc) is 2.18. The molecule has 0 radical (unpaired) electrons. The van der Waals surface area contributed by atoms with Gasteiger partial charge < -0.3 is 11.6 Å². The highest BCUT2D eigenvalue weighted by molar-refractivity contribution is 5.07. The van der Waals surface area contributed by atoms with Gasteiger partial charge in [0.05, 0.1) is 0 Å². The van der Waals surface area contributed by atoms with E-state index in [2.05, 4.69) is 0 Å². The molecule has 3 nitrogen and oxygen atoms in total. The van der Waals surface area contributed by atoms with Crippen LogP contribution in [0.15, 0.2) is 18.3 Å². The molecule has 0 unspecified atom stereocenters. The van der Waals surface area contributed by atoms with E-state index in [4.69, 9.17) is 11.6 Å². The molecule has 0 amide bonds. The summed E-state index contributed by atoms with van der Waals surface area (Å²) < 4.78 is 1.59. The molecule has 1 heterocycles. The minimum Gasteiger partial charge on any atom is -0.339 e. The molecule has 50 valence electrons. The van der Waals surface area contributed by atoms with Crippen LogP contribution in [0.1, 0.15) is 5.69 Å². The van der Waals surface area contributed by atoms with Crippen molar-refractivity contribution in [1.82, 2.24) is 4.68 Å². The van der Waals surface area contributed by atoms with E-state index in [9.17, 15) is 0 Å². The number of rotatable bonds is 2. The number of nitrogens with two attached hydrogens (primary N) is 2. The lowest BCUT2D eigenvalue weighted by Gasteiger charge is -1.98. The van der Waals surface area contributed by atoms with Crippen LogP contribution in [0.3, 0.4) is 0 Å². The summed E-state index contributed by atoms with van der Waals surface area (Å²) in [5.41, 5.74) is 6.40. The van der Waals surface area contributed by atoms with E-state index >= 15 is 0 Å². The van der Waals surface area contributed by atoms with Crippen molar-refractivity contribution in [3.8, 4) is 0 Å². The van der Waals surface area contributed by atoms with Crippen molar-refractivity contribution in [3.63, 3.8) is 0 Å². The second kappa shape index (κ2) is 2.55. The number of hydrogen-bond acceptors (Lipinski definition) is 2. The van der Waals surface area contributed by atoms with Crippen LogP contribution < -0.4 is 11.6 Å². The number of aromatic nitrogens is 1. The van der Waals surface area contributed by atoms with Crippen LogP contribution in [0.25, 0.3) is 0 Å². The summed E-state index contributed by atoms with van der Waals surface area (Å²) in [6.45, 7) is 0.654. The molecule has 9 heavy (non-hydrogen) atoms. The van der Waals surface area contributed by atoms with Crippen LogP contribution >= 0.6 is 0 Å². The number of nitrogen functional groups attached to an aromatic ring is 1. The van der Waals surface area contributed by atoms with Crippen molar-refractivity contribution < 1.29 is 0 Å². The molecule has 1 rings (SSSR count). The fourth-order valence-electron chi connectivity index (χ4n) is 0.789. The van der Waals surface area contributed by atoms with Crippen molar-refractivity contribution in [1.29, 1.82) is 0 Å². The summed E-state index contributed by atoms with van der Waals surface area (Å²) in [6, 6.07) is 3.87. The molecule has 0 aliphatic heterocycles. The van der Waals surface area contributed by atoms with Crippen molar-refractivity contribution in [2.45, 2.75) is 6.42 Å². The highest BCUT2D eigenvalue weighted by Crippen LogP contribution is 1.96. The molecule has 0 spiro atoms. The molecule has 0 atom stereocenters. The van der Waals surface area contributed by atoms with E-state index in [1.54, 1.807) is 4.68 Å². The van der Waals surface area contributed by atoms with Gasteiger partial charge in [-0.15, -0.1) is 0 Å². The van der Waals surface area contributed by atoms with Crippen molar-refractivity contribution in [2.75, 3.05) is 12.4 Å². The SMILES string of the molecule is NCCc1cccn1N. The topological polar surface area (TPSA) is 57.0 Å². The van der Waals surface area contributed by atoms with Crippen LogP contribution in [0.5, 0.6) is 0 Å². The van der Waals surface area contributed by atoms with Gasteiger partial charge in [0.25, 0.3) is 0 Å². The summed E-state index contributed by atoms with van der Waals surface area (Å²) in [7, 11) is 0. The van der Waals surface area contributed by atoms with Crippen LogP contribution in [0, 0.1) is 0 Å². The Bertz CT molecular complexity index is 180. The van der Waals surface area contributed by atoms with E-state index in [1.165, 1.54) is 0 Å². The van der Waals surface area contributed by atoms with E-state index < -0.39 is 0 Å². The Labute approximate surface area is 54.2 Å². The molecule has 1 aromatic heterocycles.